The van der Waals surface area contributed by atoms with E-state index in [2.05, 4.69) is 5.32 Å². The Bertz CT molecular complexity index is 664. The van der Waals surface area contributed by atoms with Crippen molar-refractivity contribution in [3.8, 4) is 0 Å². The summed E-state index contributed by atoms with van der Waals surface area (Å²) in [5, 5.41) is 2.94. The van der Waals surface area contributed by atoms with Gasteiger partial charge in [-0.3, -0.25) is 9.59 Å². The fourth-order valence-corrected chi connectivity index (χ4v) is 3.54. The Labute approximate surface area is 153 Å². The fraction of sp³-hybridized carbons (Fsp3) is 0.526. The number of anilines is 1. The Hall–Kier alpha value is -2.57. The molecule has 2 fully saturated rings. The number of benzene rings is 1. The summed E-state index contributed by atoms with van der Waals surface area (Å²) in [6, 6.07) is 9.01. The van der Waals surface area contributed by atoms with Crippen LogP contribution in [0.2, 0.25) is 0 Å². The molecule has 0 spiro atoms. The van der Waals surface area contributed by atoms with Crippen LogP contribution in [-0.2, 0) is 14.3 Å². The first kappa shape index (κ1) is 18.2. The molecule has 26 heavy (non-hydrogen) atoms. The minimum atomic E-state index is -0.263. The van der Waals surface area contributed by atoms with Crippen molar-refractivity contribution in [1.82, 2.24) is 10.2 Å². The van der Waals surface area contributed by atoms with Crippen LogP contribution >= 0.6 is 0 Å². The van der Waals surface area contributed by atoms with E-state index in [4.69, 9.17) is 4.74 Å². The number of likely N-dealkylation sites (tertiary alicyclic amines) is 1. The van der Waals surface area contributed by atoms with E-state index >= 15 is 0 Å². The Morgan fingerprint density at radius 2 is 2.00 bits per heavy atom. The van der Waals surface area contributed by atoms with E-state index in [9.17, 15) is 14.4 Å². The molecule has 1 aromatic rings. The predicted molar refractivity (Wildman–Crippen MR) is 96.7 cm³/mol. The lowest BCUT2D eigenvalue weighted by Gasteiger charge is -2.32. The van der Waals surface area contributed by atoms with Gasteiger partial charge in [-0.1, -0.05) is 18.2 Å². The van der Waals surface area contributed by atoms with Crippen LogP contribution in [0.4, 0.5) is 10.5 Å². The van der Waals surface area contributed by atoms with Crippen LogP contribution in [0.1, 0.15) is 26.2 Å². The number of carbonyl (C=O) groups is 3. The van der Waals surface area contributed by atoms with E-state index in [0.29, 0.717) is 26.2 Å². The molecule has 1 N–H and O–H groups in total. The van der Waals surface area contributed by atoms with Gasteiger partial charge in [-0.05, 0) is 31.9 Å². The lowest BCUT2D eigenvalue weighted by atomic mass is 9.98. The summed E-state index contributed by atoms with van der Waals surface area (Å²) in [7, 11) is 0. The topological polar surface area (TPSA) is 79.0 Å². The molecule has 1 aromatic carbocycles. The van der Waals surface area contributed by atoms with Crippen LogP contribution in [0.3, 0.4) is 0 Å². The highest BCUT2D eigenvalue weighted by molar-refractivity contribution is 5.96. The van der Waals surface area contributed by atoms with Crippen molar-refractivity contribution in [2.45, 2.75) is 32.2 Å². The molecule has 0 aliphatic carbocycles. The maximum Gasteiger partial charge on any atom is 0.317 e. The second-order valence-electron chi connectivity index (χ2n) is 6.73. The predicted octanol–water partition coefficient (Wildman–Crippen LogP) is 1.78. The quantitative estimate of drug-likeness (QED) is 0.831. The molecule has 0 unspecified atom stereocenters. The molecule has 3 amide bonds. The fourth-order valence-electron chi connectivity index (χ4n) is 3.54. The highest BCUT2D eigenvalue weighted by Gasteiger charge is 2.34. The van der Waals surface area contributed by atoms with E-state index in [1.807, 2.05) is 30.3 Å². The molecule has 140 valence electrons. The number of nitrogens with zero attached hydrogens (tertiary/aromatic N) is 2. The molecule has 3 rings (SSSR count). The van der Waals surface area contributed by atoms with Crippen molar-refractivity contribution in [2.75, 3.05) is 31.1 Å². The zero-order valence-corrected chi connectivity index (χ0v) is 15.0. The van der Waals surface area contributed by atoms with Crippen LogP contribution in [0.5, 0.6) is 0 Å². The largest absolute Gasteiger partial charge is 0.466 e. The maximum atomic E-state index is 12.6. The van der Waals surface area contributed by atoms with Crippen LogP contribution in [0.25, 0.3) is 0 Å². The van der Waals surface area contributed by atoms with Gasteiger partial charge in [0, 0.05) is 31.7 Å². The standard InChI is InChI=1S/C19H25N3O4/c1-2-26-18(24)14-7-6-10-21(12-14)19(25)20-15-11-17(23)22(13-15)16-8-4-3-5-9-16/h3-5,8-9,14-15H,2,6-7,10-13H2,1H3,(H,20,25)/t14-,15+/m1/s1. The van der Waals surface area contributed by atoms with E-state index in [-0.39, 0.29) is 36.3 Å². The number of piperidine rings is 1. The molecule has 2 aliphatic heterocycles. The average molecular weight is 359 g/mol. The van der Waals surface area contributed by atoms with E-state index in [0.717, 1.165) is 18.5 Å². The highest BCUT2D eigenvalue weighted by Crippen LogP contribution is 2.22. The van der Waals surface area contributed by atoms with Gasteiger partial charge < -0.3 is 19.9 Å². The Morgan fingerprint density at radius 3 is 2.73 bits per heavy atom. The molecule has 0 bridgehead atoms. The van der Waals surface area contributed by atoms with Gasteiger partial charge in [-0.15, -0.1) is 0 Å². The summed E-state index contributed by atoms with van der Waals surface area (Å²) in [5.74, 6) is -0.499. The van der Waals surface area contributed by atoms with Crippen molar-refractivity contribution in [2.24, 2.45) is 5.92 Å². The SMILES string of the molecule is CCOC(=O)[C@@H]1CCCN(C(=O)N[C@H]2CC(=O)N(c3ccccc3)C2)C1. The van der Waals surface area contributed by atoms with Gasteiger partial charge in [0.15, 0.2) is 0 Å². The third-order valence-electron chi connectivity index (χ3n) is 4.85. The molecule has 2 aliphatic rings. The second kappa shape index (κ2) is 8.21. The van der Waals surface area contributed by atoms with Crippen molar-refractivity contribution in [3.05, 3.63) is 30.3 Å². The lowest BCUT2D eigenvalue weighted by Crippen LogP contribution is -2.50. The number of amides is 3. The summed E-state index contributed by atoms with van der Waals surface area (Å²) in [5.41, 5.74) is 0.842. The number of ether oxygens (including phenoxy) is 1. The van der Waals surface area contributed by atoms with Crippen LogP contribution in [0.15, 0.2) is 30.3 Å². The molecule has 7 heteroatoms. The number of urea groups is 1. The van der Waals surface area contributed by atoms with Gasteiger partial charge in [0.2, 0.25) is 5.91 Å². The molecular weight excluding hydrogens is 334 g/mol. The Morgan fingerprint density at radius 1 is 1.23 bits per heavy atom. The van der Waals surface area contributed by atoms with Gasteiger partial charge >= 0.3 is 12.0 Å². The number of rotatable bonds is 4. The third-order valence-corrected chi connectivity index (χ3v) is 4.85. The van der Waals surface area contributed by atoms with E-state index < -0.39 is 0 Å². The summed E-state index contributed by atoms with van der Waals surface area (Å²) in [6.07, 6.45) is 1.80. The van der Waals surface area contributed by atoms with Crippen LogP contribution < -0.4 is 10.2 Å². The van der Waals surface area contributed by atoms with Crippen molar-refractivity contribution >= 4 is 23.6 Å². The van der Waals surface area contributed by atoms with Crippen molar-refractivity contribution in [1.29, 1.82) is 0 Å². The second-order valence-corrected chi connectivity index (χ2v) is 6.73. The van der Waals surface area contributed by atoms with Crippen LogP contribution in [-0.4, -0.2) is 55.1 Å². The molecular formula is C19H25N3O4. The molecule has 2 heterocycles. The zero-order chi connectivity index (χ0) is 18.5. The minimum absolute atomic E-state index is 0.00421. The lowest BCUT2D eigenvalue weighted by molar-refractivity contribution is -0.149. The van der Waals surface area contributed by atoms with Crippen molar-refractivity contribution < 1.29 is 19.1 Å². The maximum absolute atomic E-state index is 12.6. The first-order valence-corrected chi connectivity index (χ1v) is 9.16. The van der Waals surface area contributed by atoms with Gasteiger partial charge in [0.1, 0.15) is 0 Å². The average Bonchev–Trinajstić information content (AvgIpc) is 3.03. The van der Waals surface area contributed by atoms with Crippen LogP contribution in [0, 0.1) is 5.92 Å². The number of esters is 1. The number of hydrogen-bond donors (Lipinski definition) is 1. The number of carbonyl (C=O) groups excluding carboxylic acids is 3. The first-order chi connectivity index (χ1) is 12.6. The Kier molecular flexibility index (Phi) is 5.75. The minimum Gasteiger partial charge on any atom is -0.466 e. The van der Waals surface area contributed by atoms with Gasteiger partial charge in [-0.2, -0.15) is 0 Å². The number of para-hydroxylation sites is 1. The summed E-state index contributed by atoms with van der Waals surface area (Å²) in [4.78, 5) is 40.1. The molecule has 0 aromatic heterocycles. The van der Waals surface area contributed by atoms with E-state index in [1.54, 1.807) is 16.7 Å². The third kappa shape index (κ3) is 4.15. The molecule has 0 radical (unpaired) electrons. The van der Waals surface area contributed by atoms with Crippen molar-refractivity contribution in [3.63, 3.8) is 0 Å². The monoisotopic (exact) mass is 359 g/mol. The summed E-state index contributed by atoms with van der Waals surface area (Å²) < 4.78 is 5.07. The molecule has 0 saturated carbocycles. The normalized spacial score (nSPS) is 23.0. The van der Waals surface area contributed by atoms with E-state index in [1.165, 1.54) is 0 Å². The number of hydrogen-bond acceptors (Lipinski definition) is 4. The number of nitrogens with one attached hydrogen (secondary N) is 1. The van der Waals surface area contributed by atoms with Gasteiger partial charge in [-0.25, -0.2) is 4.79 Å². The smallest absolute Gasteiger partial charge is 0.317 e. The molecule has 7 nitrogen and oxygen atoms in total. The Balaban J connectivity index is 1.55. The first-order valence-electron chi connectivity index (χ1n) is 9.16. The summed E-state index contributed by atoms with van der Waals surface area (Å²) in [6.45, 7) is 3.57. The zero-order valence-electron chi connectivity index (χ0n) is 15.0. The summed E-state index contributed by atoms with van der Waals surface area (Å²) >= 11 is 0. The highest BCUT2D eigenvalue weighted by atomic mass is 16.5. The molecule has 2 atom stereocenters. The van der Waals surface area contributed by atoms with Gasteiger partial charge in [0.25, 0.3) is 0 Å². The van der Waals surface area contributed by atoms with Gasteiger partial charge in [0.05, 0.1) is 18.6 Å². The molecule has 2 saturated heterocycles.